The van der Waals surface area contributed by atoms with Crippen molar-refractivity contribution >= 4 is 15.9 Å². The number of aryl methyl sites for hydroxylation is 2. The van der Waals surface area contributed by atoms with Crippen LogP contribution in [0.4, 0.5) is 0 Å². The number of rotatable bonds is 6. The Morgan fingerprint density at radius 3 is 2.53 bits per heavy atom. The van der Waals surface area contributed by atoms with Crippen LogP contribution in [0.2, 0.25) is 0 Å². The summed E-state index contributed by atoms with van der Waals surface area (Å²) in [6.07, 6.45) is 4.08. The predicted octanol–water partition coefficient (Wildman–Crippen LogP) is 3.05. The molecule has 0 aromatic carbocycles. The van der Waals surface area contributed by atoms with Crippen molar-refractivity contribution in [1.82, 2.24) is 9.78 Å². The molecule has 1 unspecified atom stereocenters. The van der Waals surface area contributed by atoms with Gasteiger partial charge in [-0.05, 0) is 47.5 Å². The first kappa shape index (κ1) is 14.7. The van der Waals surface area contributed by atoms with E-state index in [9.17, 15) is 0 Å². The van der Waals surface area contributed by atoms with Gasteiger partial charge in [-0.3, -0.25) is 4.68 Å². The quantitative estimate of drug-likeness (QED) is 0.877. The Balaban J connectivity index is 2.60. The summed E-state index contributed by atoms with van der Waals surface area (Å²) in [7, 11) is 2.01. The van der Waals surface area contributed by atoms with Crippen LogP contribution < -0.4 is 5.73 Å². The molecular formula is C13H24BrN3. The van der Waals surface area contributed by atoms with E-state index >= 15 is 0 Å². The average Bonchev–Trinajstić information content (AvgIpc) is 2.50. The lowest BCUT2D eigenvalue weighted by Crippen LogP contribution is -2.23. The van der Waals surface area contributed by atoms with E-state index < -0.39 is 0 Å². The van der Waals surface area contributed by atoms with Gasteiger partial charge in [0.05, 0.1) is 15.9 Å². The Kier molecular flexibility index (Phi) is 5.67. The Hall–Kier alpha value is -0.350. The lowest BCUT2D eigenvalue weighted by Gasteiger charge is -2.13. The molecule has 0 amide bonds. The molecule has 1 aromatic rings. The van der Waals surface area contributed by atoms with Gasteiger partial charge in [0.1, 0.15) is 0 Å². The number of nitrogens with zero attached hydrogens (tertiary/aromatic N) is 2. The summed E-state index contributed by atoms with van der Waals surface area (Å²) in [5, 5.41) is 4.50. The largest absolute Gasteiger partial charge is 0.328 e. The molecule has 1 aromatic heterocycles. The van der Waals surface area contributed by atoms with Gasteiger partial charge in [-0.15, -0.1) is 0 Å². The molecule has 2 N–H and O–H groups in total. The van der Waals surface area contributed by atoms with Crippen molar-refractivity contribution in [2.75, 3.05) is 0 Å². The number of nitrogens with two attached hydrogens (primary N) is 1. The summed E-state index contributed by atoms with van der Waals surface area (Å²) in [6.45, 7) is 6.56. The lowest BCUT2D eigenvalue weighted by molar-refractivity contribution is 0.468. The maximum Gasteiger partial charge on any atom is 0.0766 e. The zero-order chi connectivity index (χ0) is 13.0. The molecule has 1 rings (SSSR count). The van der Waals surface area contributed by atoms with Gasteiger partial charge in [0, 0.05) is 13.1 Å². The zero-order valence-corrected chi connectivity index (χ0v) is 12.9. The van der Waals surface area contributed by atoms with Crippen LogP contribution in [0.1, 0.15) is 45.0 Å². The highest BCUT2D eigenvalue weighted by molar-refractivity contribution is 9.10. The third-order valence-corrected chi connectivity index (χ3v) is 3.94. The number of hydrogen-bond donors (Lipinski definition) is 1. The summed E-state index contributed by atoms with van der Waals surface area (Å²) in [5.41, 5.74) is 8.52. The highest BCUT2D eigenvalue weighted by Crippen LogP contribution is 2.23. The van der Waals surface area contributed by atoms with Crippen molar-refractivity contribution in [2.45, 2.75) is 52.5 Å². The van der Waals surface area contributed by atoms with E-state index in [1.807, 2.05) is 11.7 Å². The SMILES string of the molecule is CCc1nn(C)c(CCC(N)CC(C)C)c1Br. The maximum atomic E-state index is 6.12. The standard InChI is InChI=1S/C13H24BrN3/c1-5-11-13(14)12(17(4)16-11)7-6-10(15)8-9(2)3/h9-10H,5-8,15H2,1-4H3. The van der Waals surface area contributed by atoms with Gasteiger partial charge in [0.15, 0.2) is 0 Å². The molecule has 0 aliphatic rings. The van der Waals surface area contributed by atoms with E-state index in [0.717, 1.165) is 31.4 Å². The number of aromatic nitrogens is 2. The topological polar surface area (TPSA) is 43.8 Å². The molecule has 1 heterocycles. The first-order valence-electron chi connectivity index (χ1n) is 6.41. The predicted molar refractivity (Wildman–Crippen MR) is 76.0 cm³/mol. The molecule has 0 saturated heterocycles. The van der Waals surface area contributed by atoms with Crippen molar-refractivity contribution in [2.24, 2.45) is 18.7 Å². The van der Waals surface area contributed by atoms with Crippen LogP contribution in [0, 0.1) is 5.92 Å². The van der Waals surface area contributed by atoms with Gasteiger partial charge in [0.2, 0.25) is 0 Å². The van der Waals surface area contributed by atoms with Crippen LogP contribution in [0.3, 0.4) is 0 Å². The second-order valence-electron chi connectivity index (χ2n) is 5.11. The Morgan fingerprint density at radius 1 is 1.41 bits per heavy atom. The van der Waals surface area contributed by atoms with Gasteiger partial charge in [-0.1, -0.05) is 20.8 Å². The van der Waals surface area contributed by atoms with E-state index in [2.05, 4.69) is 41.8 Å². The fourth-order valence-corrected chi connectivity index (χ4v) is 2.95. The second kappa shape index (κ2) is 6.55. The third-order valence-electron chi connectivity index (χ3n) is 3.03. The molecule has 0 spiro atoms. The molecular weight excluding hydrogens is 278 g/mol. The fraction of sp³-hybridized carbons (Fsp3) is 0.769. The minimum atomic E-state index is 0.293. The van der Waals surface area contributed by atoms with Gasteiger partial charge < -0.3 is 5.73 Å². The fourth-order valence-electron chi connectivity index (χ4n) is 2.14. The number of halogens is 1. The summed E-state index contributed by atoms with van der Waals surface area (Å²) in [6, 6.07) is 0.293. The number of hydrogen-bond acceptors (Lipinski definition) is 2. The van der Waals surface area contributed by atoms with Crippen LogP contribution in [-0.4, -0.2) is 15.8 Å². The van der Waals surface area contributed by atoms with Crippen molar-refractivity contribution in [3.05, 3.63) is 15.9 Å². The van der Waals surface area contributed by atoms with Crippen LogP contribution >= 0.6 is 15.9 Å². The molecule has 4 heteroatoms. The van der Waals surface area contributed by atoms with Gasteiger partial charge >= 0.3 is 0 Å². The highest BCUT2D eigenvalue weighted by Gasteiger charge is 2.14. The van der Waals surface area contributed by atoms with Crippen molar-refractivity contribution in [3.63, 3.8) is 0 Å². The smallest absolute Gasteiger partial charge is 0.0766 e. The van der Waals surface area contributed by atoms with Gasteiger partial charge in [-0.2, -0.15) is 5.10 Å². The molecule has 0 fully saturated rings. The van der Waals surface area contributed by atoms with E-state index in [1.165, 1.54) is 10.2 Å². The van der Waals surface area contributed by atoms with Gasteiger partial charge in [0.25, 0.3) is 0 Å². The van der Waals surface area contributed by atoms with Crippen molar-refractivity contribution in [3.8, 4) is 0 Å². The van der Waals surface area contributed by atoms with Crippen LogP contribution in [-0.2, 0) is 19.9 Å². The van der Waals surface area contributed by atoms with Crippen molar-refractivity contribution < 1.29 is 0 Å². The van der Waals surface area contributed by atoms with E-state index in [0.29, 0.717) is 12.0 Å². The van der Waals surface area contributed by atoms with Crippen LogP contribution in [0.25, 0.3) is 0 Å². The Labute approximate surface area is 113 Å². The molecule has 0 aliphatic carbocycles. The normalized spacial score (nSPS) is 13.4. The zero-order valence-electron chi connectivity index (χ0n) is 11.3. The van der Waals surface area contributed by atoms with Gasteiger partial charge in [-0.25, -0.2) is 0 Å². The average molecular weight is 302 g/mol. The summed E-state index contributed by atoms with van der Waals surface area (Å²) >= 11 is 3.64. The summed E-state index contributed by atoms with van der Waals surface area (Å²) in [5.74, 6) is 0.672. The molecule has 17 heavy (non-hydrogen) atoms. The minimum Gasteiger partial charge on any atom is -0.328 e. The molecule has 3 nitrogen and oxygen atoms in total. The minimum absolute atomic E-state index is 0.293. The molecule has 0 saturated carbocycles. The molecule has 0 radical (unpaired) electrons. The summed E-state index contributed by atoms with van der Waals surface area (Å²) in [4.78, 5) is 0. The highest BCUT2D eigenvalue weighted by atomic mass is 79.9. The third kappa shape index (κ3) is 4.11. The van der Waals surface area contributed by atoms with E-state index in [4.69, 9.17) is 5.73 Å². The summed E-state index contributed by atoms with van der Waals surface area (Å²) < 4.78 is 3.14. The lowest BCUT2D eigenvalue weighted by atomic mass is 10.00. The monoisotopic (exact) mass is 301 g/mol. The van der Waals surface area contributed by atoms with Crippen molar-refractivity contribution in [1.29, 1.82) is 0 Å². The van der Waals surface area contributed by atoms with E-state index in [1.54, 1.807) is 0 Å². The first-order chi connectivity index (χ1) is 7.95. The second-order valence-corrected chi connectivity index (χ2v) is 5.91. The van der Waals surface area contributed by atoms with E-state index in [-0.39, 0.29) is 0 Å². The molecule has 1 atom stereocenters. The Morgan fingerprint density at radius 2 is 2.06 bits per heavy atom. The Bertz CT molecular complexity index is 358. The molecule has 98 valence electrons. The maximum absolute atomic E-state index is 6.12. The molecule has 0 aliphatic heterocycles. The van der Waals surface area contributed by atoms with Crippen LogP contribution in [0.15, 0.2) is 4.47 Å². The first-order valence-corrected chi connectivity index (χ1v) is 7.20. The molecule has 0 bridgehead atoms. The van der Waals surface area contributed by atoms with Crippen LogP contribution in [0.5, 0.6) is 0 Å².